The fourth-order valence-electron chi connectivity index (χ4n) is 1.41. The van der Waals surface area contributed by atoms with Crippen LogP contribution in [0.15, 0.2) is 24.3 Å². The molecule has 0 amide bonds. The number of nitrogens with zero attached hydrogens (tertiary/aromatic N) is 1. The number of hydrogen-bond donors (Lipinski definition) is 1. The van der Waals surface area contributed by atoms with E-state index in [-0.39, 0.29) is 11.7 Å². The van der Waals surface area contributed by atoms with Gasteiger partial charge in [0, 0.05) is 18.5 Å². The van der Waals surface area contributed by atoms with Crippen LogP contribution in [0, 0.1) is 22.5 Å². The van der Waals surface area contributed by atoms with E-state index in [9.17, 15) is 10.1 Å². The van der Waals surface area contributed by atoms with Crippen molar-refractivity contribution in [1.29, 1.82) is 0 Å². The third-order valence-corrected chi connectivity index (χ3v) is 2.32. The Bertz CT molecular complexity index is 410. The molecule has 0 aliphatic carbocycles. The summed E-state index contributed by atoms with van der Waals surface area (Å²) in [7, 11) is 0. The Hall–Kier alpha value is -2.02. The molecule has 84 valence electrons. The van der Waals surface area contributed by atoms with E-state index in [4.69, 9.17) is 6.42 Å². The molecule has 1 unspecified atom stereocenters. The summed E-state index contributed by atoms with van der Waals surface area (Å²) in [6, 6.07) is 6.65. The minimum absolute atomic E-state index is 0.0751. The van der Waals surface area contributed by atoms with Crippen molar-refractivity contribution in [3.63, 3.8) is 0 Å². The predicted octanol–water partition coefficient (Wildman–Crippen LogP) is 2.81. The lowest BCUT2D eigenvalue weighted by Gasteiger charge is -2.15. The molecular weight excluding hydrogens is 204 g/mol. The summed E-state index contributed by atoms with van der Waals surface area (Å²) in [6.45, 7) is 1.99. The van der Waals surface area contributed by atoms with Gasteiger partial charge in [-0.1, -0.05) is 19.1 Å². The molecule has 16 heavy (non-hydrogen) atoms. The zero-order chi connectivity index (χ0) is 12.0. The molecule has 1 N–H and O–H groups in total. The van der Waals surface area contributed by atoms with Crippen LogP contribution in [0.25, 0.3) is 0 Å². The average molecular weight is 218 g/mol. The number of para-hydroxylation sites is 2. The van der Waals surface area contributed by atoms with Gasteiger partial charge in [0.05, 0.1) is 4.92 Å². The second kappa shape index (κ2) is 5.76. The molecular formula is C12H14N2O2. The third-order valence-electron chi connectivity index (χ3n) is 2.32. The summed E-state index contributed by atoms with van der Waals surface area (Å²) in [5.41, 5.74) is 0.604. The molecule has 0 saturated heterocycles. The minimum atomic E-state index is -0.398. The van der Waals surface area contributed by atoms with Crippen molar-refractivity contribution in [3.8, 4) is 12.3 Å². The van der Waals surface area contributed by atoms with Crippen LogP contribution >= 0.6 is 0 Å². The van der Waals surface area contributed by atoms with E-state index in [1.165, 1.54) is 6.07 Å². The smallest absolute Gasteiger partial charge is 0.292 e. The summed E-state index contributed by atoms with van der Waals surface area (Å²) in [6.07, 6.45) is 6.62. The van der Waals surface area contributed by atoms with Gasteiger partial charge < -0.3 is 5.32 Å². The lowest BCUT2D eigenvalue weighted by molar-refractivity contribution is -0.384. The van der Waals surface area contributed by atoms with Gasteiger partial charge in [-0.05, 0) is 12.5 Å². The Morgan fingerprint density at radius 2 is 2.25 bits per heavy atom. The van der Waals surface area contributed by atoms with Crippen LogP contribution in [0.3, 0.4) is 0 Å². The molecule has 4 heteroatoms. The predicted molar refractivity (Wildman–Crippen MR) is 64.2 cm³/mol. The van der Waals surface area contributed by atoms with Gasteiger partial charge in [-0.3, -0.25) is 10.1 Å². The first kappa shape index (κ1) is 12.1. The van der Waals surface area contributed by atoms with Crippen LogP contribution in [-0.2, 0) is 0 Å². The second-order valence-corrected chi connectivity index (χ2v) is 3.43. The monoisotopic (exact) mass is 218 g/mol. The Kier molecular flexibility index (Phi) is 4.34. The number of anilines is 1. The summed E-state index contributed by atoms with van der Waals surface area (Å²) in [5.74, 6) is 2.56. The van der Waals surface area contributed by atoms with E-state index in [2.05, 4.69) is 11.2 Å². The number of nitro groups is 1. The van der Waals surface area contributed by atoms with Gasteiger partial charge in [0.15, 0.2) is 0 Å². The van der Waals surface area contributed by atoms with E-state index < -0.39 is 4.92 Å². The highest BCUT2D eigenvalue weighted by Crippen LogP contribution is 2.24. The van der Waals surface area contributed by atoms with E-state index in [0.29, 0.717) is 12.1 Å². The van der Waals surface area contributed by atoms with Crippen molar-refractivity contribution in [2.75, 3.05) is 5.32 Å². The summed E-state index contributed by atoms with van der Waals surface area (Å²) in [5, 5.41) is 13.9. The summed E-state index contributed by atoms with van der Waals surface area (Å²) >= 11 is 0. The van der Waals surface area contributed by atoms with Gasteiger partial charge in [0.1, 0.15) is 5.69 Å². The molecule has 1 rings (SSSR count). The fraction of sp³-hybridized carbons (Fsp3) is 0.333. The second-order valence-electron chi connectivity index (χ2n) is 3.43. The number of terminal acetylenes is 1. The molecule has 0 aromatic heterocycles. The number of rotatable bonds is 5. The van der Waals surface area contributed by atoms with Gasteiger partial charge in [0.2, 0.25) is 0 Å². The van der Waals surface area contributed by atoms with Gasteiger partial charge in [0.25, 0.3) is 5.69 Å². The molecule has 0 aliphatic heterocycles. The maximum Gasteiger partial charge on any atom is 0.292 e. The maximum absolute atomic E-state index is 10.8. The number of nitrogens with one attached hydrogen (secondary N) is 1. The van der Waals surface area contributed by atoms with Crippen LogP contribution in [0.5, 0.6) is 0 Å². The molecule has 0 aliphatic rings. The average Bonchev–Trinajstić information content (AvgIpc) is 2.29. The number of nitro benzene ring substituents is 1. The highest BCUT2D eigenvalue weighted by molar-refractivity contribution is 5.61. The number of hydrogen-bond acceptors (Lipinski definition) is 3. The highest BCUT2D eigenvalue weighted by atomic mass is 16.6. The van der Waals surface area contributed by atoms with Crippen LogP contribution in [0.2, 0.25) is 0 Å². The normalized spacial score (nSPS) is 11.5. The summed E-state index contributed by atoms with van der Waals surface area (Å²) < 4.78 is 0. The molecule has 0 radical (unpaired) electrons. The van der Waals surface area contributed by atoms with Gasteiger partial charge >= 0.3 is 0 Å². The maximum atomic E-state index is 10.8. The number of benzene rings is 1. The van der Waals surface area contributed by atoms with Crippen molar-refractivity contribution in [2.24, 2.45) is 0 Å². The zero-order valence-electron chi connectivity index (χ0n) is 9.14. The van der Waals surface area contributed by atoms with E-state index in [0.717, 1.165) is 6.42 Å². The molecule has 0 saturated carbocycles. The molecule has 0 heterocycles. The van der Waals surface area contributed by atoms with Gasteiger partial charge in [-0.25, -0.2) is 0 Å². The van der Waals surface area contributed by atoms with Crippen molar-refractivity contribution in [1.82, 2.24) is 0 Å². The minimum Gasteiger partial charge on any atom is -0.376 e. The molecule has 4 nitrogen and oxygen atoms in total. The lowest BCUT2D eigenvalue weighted by Crippen LogP contribution is -2.18. The lowest BCUT2D eigenvalue weighted by atomic mass is 10.1. The highest BCUT2D eigenvalue weighted by Gasteiger charge is 2.14. The standard InChI is InChI=1S/C12H14N2O2/c1-3-7-10(4-2)13-11-8-5-6-9-12(11)14(15)16/h1,5-6,8-10,13H,4,7H2,2H3. The molecule has 1 aromatic rings. The molecule has 1 aromatic carbocycles. The first-order valence-electron chi connectivity index (χ1n) is 5.12. The topological polar surface area (TPSA) is 55.2 Å². The Morgan fingerprint density at radius 3 is 2.81 bits per heavy atom. The van der Waals surface area contributed by atoms with Crippen molar-refractivity contribution in [3.05, 3.63) is 34.4 Å². The Morgan fingerprint density at radius 1 is 1.56 bits per heavy atom. The molecule has 0 fully saturated rings. The Labute approximate surface area is 94.8 Å². The van der Waals surface area contributed by atoms with Crippen LogP contribution in [-0.4, -0.2) is 11.0 Å². The van der Waals surface area contributed by atoms with Crippen LogP contribution in [0.4, 0.5) is 11.4 Å². The molecule has 0 bridgehead atoms. The summed E-state index contributed by atoms with van der Waals surface area (Å²) in [4.78, 5) is 10.4. The largest absolute Gasteiger partial charge is 0.376 e. The van der Waals surface area contributed by atoms with E-state index in [1.54, 1.807) is 18.2 Å². The van der Waals surface area contributed by atoms with Crippen LogP contribution in [0.1, 0.15) is 19.8 Å². The van der Waals surface area contributed by atoms with E-state index >= 15 is 0 Å². The SMILES string of the molecule is C#CCC(CC)Nc1ccccc1[N+](=O)[O-]. The van der Waals surface area contributed by atoms with Gasteiger partial charge in [-0.15, -0.1) is 12.3 Å². The fourth-order valence-corrected chi connectivity index (χ4v) is 1.41. The zero-order valence-corrected chi connectivity index (χ0v) is 9.14. The van der Waals surface area contributed by atoms with Crippen molar-refractivity contribution < 1.29 is 4.92 Å². The van der Waals surface area contributed by atoms with Crippen LogP contribution < -0.4 is 5.32 Å². The first-order chi connectivity index (χ1) is 7.69. The molecule has 0 spiro atoms. The Balaban J connectivity index is 2.87. The quantitative estimate of drug-likeness (QED) is 0.469. The van der Waals surface area contributed by atoms with Crippen molar-refractivity contribution in [2.45, 2.75) is 25.8 Å². The van der Waals surface area contributed by atoms with E-state index in [1.807, 2.05) is 6.92 Å². The first-order valence-corrected chi connectivity index (χ1v) is 5.12. The molecule has 1 atom stereocenters. The van der Waals surface area contributed by atoms with Gasteiger partial charge in [-0.2, -0.15) is 0 Å². The third kappa shape index (κ3) is 2.99. The van der Waals surface area contributed by atoms with Crippen molar-refractivity contribution >= 4 is 11.4 Å².